The van der Waals surface area contributed by atoms with Gasteiger partial charge in [0, 0.05) is 17.6 Å². The fourth-order valence-corrected chi connectivity index (χ4v) is 3.67. The number of amides is 1. The first-order valence-corrected chi connectivity index (χ1v) is 8.83. The van der Waals surface area contributed by atoms with Crippen LogP contribution in [0, 0.1) is 6.92 Å². The lowest BCUT2D eigenvalue weighted by molar-refractivity contribution is -0.118. The molecule has 0 atom stereocenters. The summed E-state index contributed by atoms with van der Waals surface area (Å²) in [6.45, 7) is 2.32. The molecule has 1 aliphatic rings. The third-order valence-electron chi connectivity index (χ3n) is 5.15. The molecule has 0 fully saturated rings. The Morgan fingerprint density at radius 2 is 1.96 bits per heavy atom. The number of carbonyl (C=O) groups is 1. The third-order valence-corrected chi connectivity index (χ3v) is 5.15. The molecule has 3 aromatic rings. The summed E-state index contributed by atoms with van der Waals surface area (Å²) >= 11 is 0. The van der Waals surface area contributed by atoms with Crippen LogP contribution in [0.2, 0.25) is 0 Å². The van der Waals surface area contributed by atoms with Crippen molar-refractivity contribution in [2.24, 2.45) is 0 Å². The van der Waals surface area contributed by atoms with Crippen molar-refractivity contribution in [1.29, 1.82) is 0 Å². The second-order valence-corrected chi connectivity index (χ2v) is 6.76. The Bertz CT molecular complexity index is 1120. The number of fused-ring (bicyclic) bond motifs is 2. The van der Waals surface area contributed by atoms with E-state index in [9.17, 15) is 19.8 Å². The van der Waals surface area contributed by atoms with E-state index < -0.39 is 11.4 Å². The minimum absolute atomic E-state index is 0.0722. The van der Waals surface area contributed by atoms with Gasteiger partial charge >= 0.3 is 5.63 Å². The first-order chi connectivity index (χ1) is 13.0. The molecule has 0 radical (unpaired) electrons. The van der Waals surface area contributed by atoms with Crippen molar-refractivity contribution in [3.05, 3.63) is 63.5 Å². The van der Waals surface area contributed by atoms with Crippen molar-refractivity contribution in [2.75, 3.05) is 11.4 Å². The van der Waals surface area contributed by atoms with Gasteiger partial charge in [0.05, 0.1) is 12.0 Å². The smallest absolute Gasteiger partial charge is 0.340 e. The Morgan fingerprint density at radius 1 is 1.19 bits per heavy atom. The number of phenols is 2. The van der Waals surface area contributed by atoms with Crippen LogP contribution in [-0.2, 0) is 17.6 Å². The van der Waals surface area contributed by atoms with Gasteiger partial charge in [-0.15, -0.1) is 0 Å². The number of hydrogen-bond donors (Lipinski definition) is 2. The van der Waals surface area contributed by atoms with Crippen LogP contribution in [0.5, 0.6) is 11.5 Å². The van der Waals surface area contributed by atoms with Gasteiger partial charge in [-0.05, 0) is 49.1 Å². The highest BCUT2D eigenvalue weighted by atomic mass is 16.4. The highest BCUT2D eigenvalue weighted by Gasteiger charge is 2.25. The second-order valence-electron chi connectivity index (χ2n) is 6.76. The van der Waals surface area contributed by atoms with E-state index in [2.05, 4.69) is 0 Å². The standard InChI is InChI=1S/C21H19NO5/c1-12-14-8-9-17(23)19(25)20(14)27-21(26)15(12)11-18(24)22-10-4-6-13-5-2-3-7-16(13)22/h2-3,5,7-9,23,25H,4,6,10-11H2,1H3. The molecule has 2 N–H and O–H groups in total. The SMILES string of the molecule is Cc1c(CC(=O)N2CCCc3ccccc32)c(=O)oc2c(O)c(O)ccc12. The van der Waals surface area contributed by atoms with Crippen LogP contribution in [-0.4, -0.2) is 22.7 Å². The van der Waals surface area contributed by atoms with Crippen molar-refractivity contribution in [3.8, 4) is 11.5 Å². The predicted molar refractivity (Wildman–Crippen MR) is 101 cm³/mol. The molecule has 0 saturated heterocycles. The maximum atomic E-state index is 12.9. The van der Waals surface area contributed by atoms with Crippen LogP contribution < -0.4 is 10.5 Å². The molecule has 6 nitrogen and oxygen atoms in total. The van der Waals surface area contributed by atoms with Crippen LogP contribution in [0.25, 0.3) is 11.0 Å². The fraction of sp³-hybridized carbons (Fsp3) is 0.238. The third kappa shape index (κ3) is 2.83. The van der Waals surface area contributed by atoms with Crippen molar-refractivity contribution in [1.82, 2.24) is 0 Å². The van der Waals surface area contributed by atoms with Gasteiger partial charge in [0.2, 0.25) is 11.7 Å². The van der Waals surface area contributed by atoms with Crippen molar-refractivity contribution in [2.45, 2.75) is 26.2 Å². The van der Waals surface area contributed by atoms with Crippen molar-refractivity contribution < 1.29 is 19.4 Å². The molecule has 27 heavy (non-hydrogen) atoms. The molecule has 0 unspecified atom stereocenters. The van der Waals surface area contributed by atoms with E-state index in [0.717, 1.165) is 24.1 Å². The largest absolute Gasteiger partial charge is 0.504 e. The lowest BCUT2D eigenvalue weighted by Gasteiger charge is -2.29. The van der Waals surface area contributed by atoms with Gasteiger partial charge in [0.15, 0.2) is 11.3 Å². The molecule has 4 rings (SSSR count). The Hall–Kier alpha value is -3.28. The van der Waals surface area contributed by atoms with Gasteiger partial charge in [0.25, 0.3) is 0 Å². The Balaban J connectivity index is 1.73. The second kappa shape index (κ2) is 6.46. The summed E-state index contributed by atoms with van der Waals surface area (Å²) in [6, 6.07) is 10.7. The lowest BCUT2D eigenvalue weighted by Crippen LogP contribution is -2.37. The molecule has 2 heterocycles. The number of aromatic hydroxyl groups is 2. The normalized spacial score (nSPS) is 13.6. The molecule has 0 aliphatic carbocycles. The van der Waals surface area contributed by atoms with Gasteiger partial charge in [-0.2, -0.15) is 0 Å². The minimum Gasteiger partial charge on any atom is -0.504 e. The monoisotopic (exact) mass is 365 g/mol. The number of anilines is 1. The summed E-state index contributed by atoms with van der Waals surface area (Å²) in [5.41, 5.74) is 2.09. The number of para-hydroxylation sites is 1. The number of hydrogen-bond acceptors (Lipinski definition) is 5. The molecule has 6 heteroatoms. The zero-order chi connectivity index (χ0) is 19.1. The van der Waals surface area contributed by atoms with Gasteiger partial charge in [-0.1, -0.05) is 18.2 Å². The van der Waals surface area contributed by atoms with Crippen LogP contribution in [0.1, 0.15) is 23.1 Å². The zero-order valence-corrected chi connectivity index (χ0v) is 14.9. The van der Waals surface area contributed by atoms with Crippen LogP contribution in [0.4, 0.5) is 5.69 Å². The number of benzene rings is 2. The highest BCUT2D eigenvalue weighted by Crippen LogP contribution is 2.35. The summed E-state index contributed by atoms with van der Waals surface area (Å²) in [5.74, 6) is -1.01. The number of phenolic OH excluding ortho intramolecular Hbond substituents is 2. The van der Waals surface area contributed by atoms with Crippen LogP contribution >= 0.6 is 0 Å². The van der Waals surface area contributed by atoms with Crippen LogP contribution in [0.15, 0.2) is 45.6 Å². The van der Waals surface area contributed by atoms with Crippen LogP contribution in [0.3, 0.4) is 0 Å². The van der Waals surface area contributed by atoms with Gasteiger partial charge < -0.3 is 19.5 Å². The molecule has 2 aromatic carbocycles. The molecule has 0 bridgehead atoms. The summed E-state index contributed by atoms with van der Waals surface area (Å²) in [6.07, 6.45) is 1.72. The van der Waals surface area contributed by atoms with Gasteiger partial charge in [-0.25, -0.2) is 4.79 Å². The Kier molecular flexibility index (Phi) is 4.11. The lowest BCUT2D eigenvalue weighted by atomic mass is 9.99. The van der Waals surface area contributed by atoms with E-state index in [1.807, 2.05) is 24.3 Å². The summed E-state index contributed by atoms with van der Waals surface area (Å²) < 4.78 is 5.21. The van der Waals surface area contributed by atoms with E-state index in [-0.39, 0.29) is 29.2 Å². The summed E-state index contributed by atoms with van der Waals surface area (Å²) in [5, 5.41) is 20.0. The zero-order valence-electron chi connectivity index (χ0n) is 14.9. The van der Waals surface area contributed by atoms with E-state index in [4.69, 9.17) is 4.42 Å². The van der Waals surface area contributed by atoms with Crippen molar-refractivity contribution in [3.63, 3.8) is 0 Å². The molecule has 1 amide bonds. The Morgan fingerprint density at radius 3 is 2.78 bits per heavy atom. The van der Waals surface area contributed by atoms with Gasteiger partial charge in [-0.3, -0.25) is 4.79 Å². The van der Waals surface area contributed by atoms with E-state index in [0.29, 0.717) is 17.5 Å². The minimum atomic E-state index is -0.681. The first-order valence-electron chi connectivity index (χ1n) is 8.83. The first kappa shape index (κ1) is 17.1. The van der Waals surface area contributed by atoms with E-state index in [1.54, 1.807) is 17.9 Å². The van der Waals surface area contributed by atoms with E-state index >= 15 is 0 Å². The molecule has 138 valence electrons. The number of carbonyl (C=O) groups excluding carboxylic acids is 1. The molecular formula is C21H19NO5. The quantitative estimate of drug-likeness (QED) is 0.538. The van der Waals surface area contributed by atoms with E-state index in [1.165, 1.54) is 6.07 Å². The fourth-order valence-electron chi connectivity index (χ4n) is 3.67. The summed E-state index contributed by atoms with van der Waals surface area (Å²) in [4.78, 5) is 27.1. The predicted octanol–water partition coefficient (Wildman–Crippen LogP) is 3.03. The van der Waals surface area contributed by atoms with Gasteiger partial charge in [0.1, 0.15) is 0 Å². The molecular weight excluding hydrogens is 346 g/mol. The van der Waals surface area contributed by atoms with Crippen molar-refractivity contribution >= 4 is 22.6 Å². The highest BCUT2D eigenvalue weighted by molar-refractivity contribution is 5.97. The maximum Gasteiger partial charge on any atom is 0.340 e. The average molecular weight is 365 g/mol. The maximum absolute atomic E-state index is 12.9. The molecule has 0 spiro atoms. The molecule has 0 saturated carbocycles. The number of aryl methyl sites for hydroxylation is 2. The number of nitrogens with zero attached hydrogens (tertiary/aromatic N) is 1. The number of rotatable bonds is 2. The Labute approximate surface area is 155 Å². The summed E-state index contributed by atoms with van der Waals surface area (Å²) in [7, 11) is 0. The molecule has 1 aromatic heterocycles. The average Bonchev–Trinajstić information content (AvgIpc) is 2.67. The topological polar surface area (TPSA) is 91.0 Å². The molecule has 1 aliphatic heterocycles.